The van der Waals surface area contributed by atoms with E-state index in [4.69, 9.17) is 21.1 Å². The molecule has 0 bridgehead atoms. The molecule has 160 valence electrons. The van der Waals surface area contributed by atoms with Crippen LogP contribution >= 0.6 is 22.9 Å². The fourth-order valence-electron chi connectivity index (χ4n) is 2.71. The Hall–Kier alpha value is -3.68. The maximum atomic E-state index is 12.4. The lowest BCUT2D eigenvalue weighted by Gasteiger charge is -2.07. The van der Waals surface area contributed by atoms with Crippen LogP contribution in [-0.4, -0.2) is 16.9 Å². The molecule has 1 aromatic heterocycles. The van der Waals surface area contributed by atoms with Crippen LogP contribution in [0.5, 0.6) is 11.5 Å². The van der Waals surface area contributed by atoms with Gasteiger partial charge in [-0.15, -0.1) is 11.3 Å². The number of amides is 1. The van der Waals surface area contributed by atoms with Gasteiger partial charge in [-0.1, -0.05) is 29.8 Å². The van der Waals surface area contributed by atoms with Crippen LogP contribution in [0.3, 0.4) is 0 Å². The third kappa shape index (κ3) is 5.72. The molecule has 0 aliphatic carbocycles. The van der Waals surface area contributed by atoms with Crippen molar-refractivity contribution in [3.05, 3.63) is 106 Å². The van der Waals surface area contributed by atoms with Gasteiger partial charge in [-0.3, -0.25) is 4.79 Å². The first-order chi connectivity index (χ1) is 15.6. The molecule has 0 unspecified atom stereocenters. The minimum atomic E-state index is -0.569. The zero-order valence-corrected chi connectivity index (χ0v) is 18.2. The van der Waals surface area contributed by atoms with Gasteiger partial charge >= 0.3 is 5.97 Å². The highest BCUT2D eigenvalue weighted by molar-refractivity contribution is 7.09. The van der Waals surface area contributed by atoms with Crippen molar-refractivity contribution < 1.29 is 19.1 Å². The smallest absolute Gasteiger partial charge is 0.363 e. The van der Waals surface area contributed by atoms with E-state index in [-0.39, 0.29) is 18.2 Å². The molecular weight excluding hydrogens is 448 g/mol. The number of thiazole rings is 1. The van der Waals surface area contributed by atoms with Gasteiger partial charge in [0.15, 0.2) is 5.69 Å². The topological polar surface area (TPSA) is 77.5 Å². The molecule has 4 aromatic rings. The molecule has 3 aromatic carbocycles. The van der Waals surface area contributed by atoms with Crippen molar-refractivity contribution in [2.75, 3.05) is 5.32 Å². The lowest BCUT2D eigenvalue weighted by molar-refractivity contribution is 0.0728. The first kappa shape index (κ1) is 21.5. The van der Waals surface area contributed by atoms with Crippen LogP contribution in [0, 0.1) is 0 Å². The summed E-state index contributed by atoms with van der Waals surface area (Å²) in [5, 5.41) is 5.69. The second-order valence-electron chi connectivity index (χ2n) is 6.60. The first-order valence-corrected chi connectivity index (χ1v) is 10.8. The van der Waals surface area contributed by atoms with Crippen molar-refractivity contribution in [1.29, 1.82) is 0 Å². The van der Waals surface area contributed by atoms with Gasteiger partial charge in [0, 0.05) is 21.7 Å². The molecule has 4 rings (SSSR count). The Labute approximate surface area is 193 Å². The SMILES string of the molecule is O=C(Nc1ccc(OC(=O)c2csc(COc3ccc(Cl)cc3)n2)cc1)c1ccccc1. The Morgan fingerprint density at radius 2 is 1.59 bits per heavy atom. The monoisotopic (exact) mass is 464 g/mol. The van der Waals surface area contributed by atoms with E-state index in [2.05, 4.69) is 10.3 Å². The Morgan fingerprint density at radius 1 is 0.906 bits per heavy atom. The van der Waals surface area contributed by atoms with Crippen LogP contribution in [0.15, 0.2) is 84.2 Å². The van der Waals surface area contributed by atoms with Crippen LogP contribution in [0.4, 0.5) is 5.69 Å². The van der Waals surface area contributed by atoms with Gasteiger partial charge in [0.2, 0.25) is 0 Å². The molecular formula is C24H17ClN2O4S. The van der Waals surface area contributed by atoms with Crippen LogP contribution in [0.25, 0.3) is 0 Å². The fraction of sp³-hybridized carbons (Fsp3) is 0.0417. The molecule has 32 heavy (non-hydrogen) atoms. The number of halogens is 1. The number of nitrogens with zero attached hydrogens (tertiary/aromatic N) is 1. The van der Waals surface area contributed by atoms with Gasteiger partial charge in [0.1, 0.15) is 23.1 Å². The zero-order chi connectivity index (χ0) is 22.3. The summed E-state index contributed by atoms with van der Waals surface area (Å²) in [4.78, 5) is 28.9. The van der Waals surface area contributed by atoms with Gasteiger partial charge in [-0.25, -0.2) is 9.78 Å². The fourth-order valence-corrected chi connectivity index (χ4v) is 3.51. The molecule has 1 amide bonds. The molecule has 0 radical (unpaired) electrons. The number of anilines is 1. The number of rotatable bonds is 7. The third-order valence-electron chi connectivity index (χ3n) is 4.30. The number of aromatic nitrogens is 1. The van der Waals surface area contributed by atoms with Crippen molar-refractivity contribution in [2.45, 2.75) is 6.61 Å². The molecule has 6 nitrogen and oxygen atoms in total. The Morgan fingerprint density at radius 3 is 2.31 bits per heavy atom. The summed E-state index contributed by atoms with van der Waals surface area (Å²) < 4.78 is 11.0. The molecule has 0 aliphatic heterocycles. The van der Waals surface area contributed by atoms with Gasteiger partial charge in [-0.2, -0.15) is 0 Å². The lowest BCUT2D eigenvalue weighted by atomic mass is 10.2. The molecule has 0 saturated heterocycles. The molecule has 0 atom stereocenters. The highest BCUT2D eigenvalue weighted by Gasteiger charge is 2.14. The summed E-state index contributed by atoms with van der Waals surface area (Å²) in [6, 6.07) is 22.4. The molecule has 1 N–H and O–H groups in total. The van der Waals surface area contributed by atoms with E-state index in [9.17, 15) is 9.59 Å². The minimum Gasteiger partial charge on any atom is -0.486 e. The number of hydrogen-bond acceptors (Lipinski definition) is 6. The van der Waals surface area contributed by atoms with Gasteiger partial charge < -0.3 is 14.8 Å². The zero-order valence-electron chi connectivity index (χ0n) is 16.7. The van der Waals surface area contributed by atoms with E-state index in [0.29, 0.717) is 32.8 Å². The second-order valence-corrected chi connectivity index (χ2v) is 7.98. The lowest BCUT2D eigenvalue weighted by Crippen LogP contribution is -2.12. The van der Waals surface area contributed by atoms with Crippen LogP contribution < -0.4 is 14.8 Å². The van der Waals surface area contributed by atoms with E-state index in [0.717, 1.165) is 0 Å². The first-order valence-electron chi connectivity index (χ1n) is 9.58. The average Bonchev–Trinajstić information content (AvgIpc) is 3.30. The summed E-state index contributed by atoms with van der Waals surface area (Å²) in [6.45, 7) is 0.232. The number of carbonyl (C=O) groups is 2. The number of ether oxygens (including phenoxy) is 2. The van der Waals surface area contributed by atoms with Crippen molar-refractivity contribution in [2.24, 2.45) is 0 Å². The van der Waals surface area contributed by atoms with Crippen LogP contribution in [-0.2, 0) is 6.61 Å². The predicted octanol–water partition coefficient (Wildman–Crippen LogP) is 5.85. The minimum absolute atomic E-state index is 0.200. The number of carbonyl (C=O) groups excluding carboxylic acids is 2. The second kappa shape index (κ2) is 10.1. The summed E-state index contributed by atoms with van der Waals surface area (Å²) in [7, 11) is 0. The van der Waals surface area contributed by atoms with Crippen molar-refractivity contribution >= 4 is 40.5 Å². The largest absolute Gasteiger partial charge is 0.486 e. The van der Waals surface area contributed by atoms with Gasteiger partial charge in [0.05, 0.1) is 0 Å². The molecule has 0 spiro atoms. The van der Waals surface area contributed by atoms with E-state index >= 15 is 0 Å². The summed E-state index contributed by atoms with van der Waals surface area (Å²) >= 11 is 7.16. The normalized spacial score (nSPS) is 10.4. The predicted molar refractivity (Wildman–Crippen MR) is 124 cm³/mol. The number of nitrogens with one attached hydrogen (secondary N) is 1. The Bertz CT molecular complexity index is 1210. The standard InChI is InChI=1S/C24H17ClN2O4S/c25-17-6-10-19(11-7-17)30-14-22-27-21(15-32-22)24(29)31-20-12-8-18(9-13-20)26-23(28)16-4-2-1-3-5-16/h1-13,15H,14H2,(H,26,28). The van der Waals surface area contributed by atoms with E-state index in [1.54, 1.807) is 78.2 Å². The molecule has 1 heterocycles. The summed E-state index contributed by atoms with van der Waals surface area (Å²) in [6.07, 6.45) is 0. The van der Waals surface area contributed by atoms with Crippen molar-refractivity contribution in [3.8, 4) is 11.5 Å². The third-order valence-corrected chi connectivity index (χ3v) is 5.37. The Kier molecular flexibility index (Phi) is 6.79. The molecule has 0 fully saturated rings. The molecule has 0 aliphatic rings. The van der Waals surface area contributed by atoms with Crippen molar-refractivity contribution in [3.63, 3.8) is 0 Å². The maximum Gasteiger partial charge on any atom is 0.363 e. The van der Waals surface area contributed by atoms with Gasteiger partial charge in [0.25, 0.3) is 5.91 Å². The number of esters is 1. The van der Waals surface area contributed by atoms with E-state index < -0.39 is 5.97 Å². The summed E-state index contributed by atoms with van der Waals surface area (Å²) in [5.41, 5.74) is 1.35. The van der Waals surface area contributed by atoms with Crippen molar-refractivity contribution in [1.82, 2.24) is 4.98 Å². The number of benzene rings is 3. The quantitative estimate of drug-likeness (QED) is 0.274. The van der Waals surface area contributed by atoms with E-state index in [1.807, 2.05) is 6.07 Å². The van der Waals surface area contributed by atoms with Crippen LogP contribution in [0.2, 0.25) is 5.02 Å². The van der Waals surface area contributed by atoms with Crippen LogP contribution in [0.1, 0.15) is 25.9 Å². The molecule has 8 heteroatoms. The highest BCUT2D eigenvalue weighted by Crippen LogP contribution is 2.20. The number of hydrogen-bond donors (Lipinski definition) is 1. The summed E-state index contributed by atoms with van der Waals surface area (Å²) in [5.74, 6) is 0.221. The van der Waals surface area contributed by atoms with Gasteiger partial charge in [-0.05, 0) is 60.7 Å². The van der Waals surface area contributed by atoms with E-state index in [1.165, 1.54) is 11.3 Å². The maximum absolute atomic E-state index is 12.4. The Balaban J connectivity index is 1.31. The molecule has 0 saturated carbocycles. The average molecular weight is 465 g/mol. The highest BCUT2D eigenvalue weighted by atomic mass is 35.5.